The summed E-state index contributed by atoms with van der Waals surface area (Å²) in [6.07, 6.45) is 2.61. The number of nitrogens with one attached hydrogen (secondary N) is 2. The van der Waals surface area contributed by atoms with E-state index in [1.807, 2.05) is 24.3 Å². The lowest BCUT2D eigenvalue weighted by Gasteiger charge is -2.14. The number of hydrogen-bond acceptors (Lipinski definition) is 4. The molecule has 0 spiro atoms. The first-order chi connectivity index (χ1) is 15.0. The number of alkyl carbamates (subject to hydrolysis) is 1. The summed E-state index contributed by atoms with van der Waals surface area (Å²) in [5.74, 6) is -1.75. The van der Waals surface area contributed by atoms with Crippen LogP contribution in [0.4, 0.5) is 4.79 Å². The Kier molecular flexibility index (Phi) is 7.43. The largest absolute Gasteiger partial charge is 0.481 e. The van der Waals surface area contributed by atoms with E-state index in [0.717, 1.165) is 11.1 Å². The summed E-state index contributed by atoms with van der Waals surface area (Å²) < 4.78 is 5.42. The second-order valence-corrected chi connectivity index (χ2v) is 7.43. The molecule has 7 nitrogen and oxygen atoms in total. The molecule has 3 rings (SSSR count). The van der Waals surface area contributed by atoms with E-state index < -0.39 is 18.0 Å². The quantitative estimate of drug-likeness (QED) is 0.538. The number of fused-ring (bicyclic) bond motifs is 3. The molecular formula is C24H26N2O5. The summed E-state index contributed by atoms with van der Waals surface area (Å²) in [7, 11) is 0. The zero-order valence-electron chi connectivity index (χ0n) is 17.3. The lowest BCUT2D eigenvalue weighted by molar-refractivity contribution is -0.141. The van der Waals surface area contributed by atoms with Crippen LogP contribution in [0, 0.1) is 5.92 Å². The average molecular weight is 422 g/mol. The molecule has 0 saturated heterocycles. The van der Waals surface area contributed by atoms with Crippen LogP contribution in [0.2, 0.25) is 0 Å². The Morgan fingerprint density at radius 3 is 2.26 bits per heavy atom. The molecule has 1 unspecified atom stereocenters. The molecule has 162 valence electrons. The van der Waals surface area contributed by atoms with Crippen LogP contribution in [0.3, 0.4) is 0 Å². The first kappa shape index (κ1) is 22.1. The molecule has 1 aliphatic carbocycles. The molecule has 2 amide bonds. The normalized spacial score (nSPS) is 13.3. The number of aliphatic carboxylic acids is 1. The number of carbonyl (C=O) groups is 3. The summed E-state index contributed by atoms with van der Waals surface area (Å²) in [5.41, 5.74) is 4.62. The molecule has 31 heavy (non-hydrogen) atoms. The van der Waals surface area contributed by atoms with E-state index in [1.165, 1.54) is 23.3 Å². The highest BCUT2D eigenvalue weighted by Gasteiger charge is 2.28. The van der Waals surface area contributed by atoms with Crippen LogP contribution in [0.25, 0.3) is 11.1 Å². The van der Waals surface area contributed by atoms with Crippen molar-refractivity contribution in [2.45, 2.75) is 19.3 Å². The van der Waals surface area contributed by atoms with Gasteiger partial charge >= 0.3 is 12.1 Å². The van der Waals surface area contributed by atoms with Crippen LogP contribution in [-0.2, 0) is 14.3 Å². The van der Waals surface area contributed by atoms with Gasteiger partial charge in [0.25, 0.3) is 0 Å². The fourth-order valence-corrected chi connectivity index (χ4v) is 3.55. The third-order valence-electron chi connectivity index (χ3n) is 5.28. The molecule has 0 bridgehead atoms. The van der Waals surface area contributed by atoms with Crippen molar-refractivity contribution in [3.8, 4) is 11.1 Å². The van der Waals surface area contributed by atoms with E-state index in [2.05, 4.69) is 34.9 Å². The number of rotatable bonds is 9. The predicted octanol–water partition coefficient (Wildman–Crippen LogP) is 3.31. The molecule has 3 N–H and O–H groups in total. The molecule has 0 aliphatic heterocycles. The summed E-state index contributed by atoms with van der Waals surface area (Å²) in [4.78, 5) is 34.5. The van der Waals surface area contributed by atoms with E-state index in [4.69, 9.17) is 9.84 Å². The van der Waals surface area contributed by atoms with Gasteiger partial charge in [-0.05, 0) is 28.7 Å². The third-order valence-corrected chi connectivity index (χ3v) is 5.28. The van der Waals surface area contributed by atoms with Gasteiger partial charge in [-0.15, -0.1) is 0 Å². The number of amides is 2. The number of benzene rings is 2. The van der Waals surface area contributed by atoms with Crippen molar-refractivity contribution in [2.75, 3.05) is 19.7 Å². The first-order valence-corrected chi connectivity index (χ1v) is 10.2. The van der Waals surface area contributed by atoms with E-state index >= 15 is 0 Å². The second-order valence-electron chi connectivity index (χ2n) is 7.43. The number of carbonyl (C=O) groups excluding carboxylic acids is 2. The van der Waals surface area contributed by atoms with Crippen LogP contribution >= 0.6 is 0 Å². The van der Waals surface area contributed by atoms with Crippen LogP contribution in [0.5, 0.6) is 0 Å². The molecule has 1 atom stereocenters. The molecular weight excluding hydrogens is 396 g/mol. The Morgan fingerprint density at radius 1 is 1.03 bits per heavy atom. The maximum absolute atomic E-state index is 12.1. The van der Waals surface area contributed by atoms with Crippen molar-refractivity contribution >= 4 is 18.0 Å². The zero-order chi connectivity index (χ0) is 22.2. The average Bonchev–Trinajstić information content (AvgIpc) is 3.09. The van der Waals surface area contributed by atoms with Gasteiger partial charge in [0.1, 0.15) is 6.61 Å². The van der Waals surface area contributed by atoms with Crippen molar-refractivity contribution in [1.29, 1.82) is 0 Å². The number of carboxylic acid groups (broad SMARTS) is 1. The first-order valence-electron chi connectivity index (χ1n) is 10.2. The van der Waals surface area contributed by atoms with Crippen molar-refractivity contribution in [2.24, 2.45) is 5.92 Å². The molecule has 0 heterocycles. The van der Waals surface area contributed by atoms with Gasteiger partial charge in [0.05, 0.1) is 5.92 Å². The predicted molar refractivity (Wildman–Crippen MR) is 117 cm³/mol. The summed E-state index contributed by atoms with van der Waals surface area (Å²) in [6, 6.07) is 16.2. The molecule has 2 aromatic carbocycles. The zero-order valence-corrected chi connectivity index (χ0v) is 17.3. The summed E-state index contributed by atoms with van der Waals surface area (Å²) in [5, 5.41) is 14.0. The van der Waals surface area contributed by atoms with Crippen molar-refractivity contribution in [1.82, 2.24) is 10.6 Å². The summed E-state index contributed by atoms with van der Waals surface area (Å²) in [6.45, 7) is 2.24. The number of hydrogen-bond donors (Lipinski definition) is 3. The van der Waals surface area contributed by atoms with Gasteiger partial charge in [-0.1, -0.05) is 61.5 Å². The highest BCUT2D eigenvalue weighted by atomic mass is 16.5. The van der Waals surface area contributed by atoms with Crippen molar-refractivity contribution in [3.05, 3.63) is 71.8 Å². The Labute approximate surface area is 181 Å². The standard InChI is InChI=1S/C24H26N2O5/c1-16(23(28)29)12-14-25-22(27)11-6-13-26-24(30)31-15-21-19-9-4-2-7-17(19)18-8-3-5-10-20(18)21/h2-11,16,21H,12-15H2,1H3,(H,25,27)(H,26,30)(H,28,29)/b11-6+. The topological polar surface area (TPSA) is 105 Å². The Hall–Kier alpha value is -3.61. The van der Waals surface area contributed by atoms with Crippen LogP contribution < -0.4 is 10.6 Å². The minimum Gasteiger partial charge on any atom is -0.481 e. The van der Waals surface area contributed by atoms with Gasteiger partial charge in [0.2, 0.25) is 5.91 Å². The van der Waals surface area contributed by atoms with Gasteiger partial charge in [-0.3, -0.25) is 9.59 Å². The minimum atomic E-state index is -0.892. The summed E-state index contributed by atoms with van der Waals surface area (Å²) >= 11 is 0. The van der Waals surface area contributed by atoms with E-state index in [-0.39, 0.29) is 31.5 Å². The highest BCUT2D eigenvalue weighted by molar-refractivity contribution is 5.87. The van der Waals surface area contributed by atoms with E-state index in [1.54, 1.807) is 6.92 Å². The Morgan fingerprint density at radius 2 is 1.65 bits per heavy atom. The van der Waals surface area contributed by atoms with Crippen LogP contribution in [0.15, 0.2) is 60.7 Å². The molecule has 0 radical (unpaired) electrons. The van der Waals surface area contributed by atoms with Gasteiger partial charge < -0.3 is 20.5 Å². The monoisotopic (exact) mass is 422 g/mol. The fourth-order valence-electron chi connectivity index (χ4n) is 3.55. The van der Waals surface area contributed by atoms with Crippen LogP contribution in [0.1, 0.15) is 30.4 Å². The van der Waals surface area contributed by atoms with E-state index in [9.17, 15) is 14.4 Å². The highest BCUT2D eigenvalue weighted by Crippen LogP contribution is 2.44. The smallest absolute Gasteiger partial charge is 0.407 e. The van der Waals surface area contributed by atoms with Crippen molar-refractivity contribution < 1.29 is 24.2 Å². The Balaban J connectivity index is 1.42. The number of ether oxygens (including phenoxy) is 1. The van der Waals surface area contributed by atoms with E-state index in [0.29, 0.717) is 6.42 Å². The van der Waals surface area contributed by atoms with Gasteiger partial charge in [-0.2, -0.15) is 0 Å². The van der Waals surface area contributed by atoms with Gasteiger partial charge in [0, 0.05) is 25.1 Å². The lowest BCUT2D eigenvalue weighted by Crippen LogP contribution is -2.27. The fraction of sp³-hybridized carbons (Fsp3) is 0.292. The maximum Gasteiger partial charge on any atom is 0.407 e. The Bertz CT molecular complexity index is 940. The van der Waals surface area contributed by atoms with Gasteiger partial charge in [0.15, 0.2) is 0 Å². The molecule has 7 heteroatoms. The van der Waals surface area contributed by atoms with Gasteiger partial charge in [-0.25, -0.2) is 4.79 Å². The molecule has 1 aliphatic rings. The molecule has 2 aromatic rings. The molecule has 0 aromatic heterocycles. The third kappa shape index (κ3) is 5.72. The lowest BCUT2D eigenvalue weighted by atomic mass is 9.98. The van der Waals surface area contributed by atoms with Crippen molar-refractivity contribution in [3.63, 3.8) is 0 Å². The SMILES string of the molecule is CC(CCNC(=O)/C=C/CNC(=O)OCC1c2ccccc2-c2ccccc21)C(=O)O. The minimum absolute atomic E-state index is 0.00679. The molecule has 0 saturated carbocycles. The van der Waals surface area contributed by atoms with Crippen LogP contribution in [-0.4, -0.2) is 42.8 Å². The second kappa shape index (κ2) is 10.4. The number of carboxylic acids is 1. The molecule has 0 fully saturated rings. The maximum atomic E-state index is 12.1.